The van der Waals surface area contributed by atoms with Crippen LogP contribution in [0.5, 0.6) is 0 Å². The fourth-order valence-electron chi connectivity index (χ4n) is 1.05. The molecule has 1 rings (SSSR count). The summed E-state index contributed by atoms with van der Waals surface area (Å²) in [5.41, 5.74) is 1.46. The van der Waals surface area contributed by atoms with Crippen molar-refractivity contribution in [3.63, 3.8) is 0 Å². The molecule has 0 saturated heterocycles. The highest BCUT2D eigenvalue weighted by Crippen LogP contribution is 2.20. The van der Waals surface area contributed by atoms with Crippen LogP contribution in [0.1, 0.15) is 32.1 Å². The highest BCUT2D eigenvalue weighted by Gasteiger charge is 2.00. The minimum Gasteiger partial charge on any atom is -0.222 e. The Morgan fingerprint density at radius 3 is 1.46 bits per heavy atom. The lowest BCUT2D eigenvalue weighted by atomic mass is 9.97. The van der Waals surface area contributed by atoms with Crippen molar-refractivity contribution in [3.05, 3.63) is 12.2 Å². The summed E-state index contributed by atoms with van der Waals surface area (Å²) in [5.74, 6) is 0. The molecule has 0 aromatic carbocycles. The molecule has 0 radical (unpaired) electrons. The third-order valence-electron chi connectivity index (χ3n) is 1.56. The van der Waals surface area contributed by atoms with Crippen LogP contribution in [0.15, 0.2) is 12.2 Å². The van der Waals surface area contributed by atoms with Gasteiger partial charge in [0, 0.05) is 0 Å². The molecule has 1 saturated carbocycles. The van der Waals surface area contributed by atoms with Crippen LogP contribution in [0, 0.1) is 10.8 Å². The Labute approximate surface area is 77.7 Å². The Kier molecular flexibility index (Phi) is 14.2. The summed E-state index contributed by atoms with van der Waals surface area (Å²) in [5, 5.41) is 10.8. The van der Waals surface area contributed by atoms with Crippen LogP contribution in [-0.4, -0.2) is 12.2 Å². The van der Waals surface area contributed by atoms with Gasteiger partial charge in [-0.2, -0.15) is 0 Å². The summed E-state index contributed by atoms with van der Waals surface area (Å²) in [4.78, 5) is 16.7. The maximum Gasteiger partial charge on any atom is 0.231 e. The molecule has 0 aliphatic heterocycles. The second-order valence-electron chi connectivity index (χ2n) is 2.51. The van der Waals surface area contributed by atoms with Crippen molar-refractivity contribution in [1.82, 2.24) is 0 Å². The van der Waals surface area contributed by atoms with Crippen LogP contribution in [0.2, 0.25) is 0 Å². The topological polar surface area (TPSA) is 81.8 Å². The van der Waals surface area contributed by atoms with Crippen LogP contribution in [0.4, 0.5) is 0 Å². The van der Waals surface area contributed by atoms with Crippen LogP contribution in [0.3, 0.4) is 0 Å². The van der Waals surface area contributed by atoms with Gasteiger partial charge in [0.1, 0.15) is 0 Å². The van der Waals surface area contributed by atoms with Gasteiger partial charge in [-0.25, -0.2) is 20.4 Å². The lowest BCUT2D eigenvalue weighted by Crippen LogP contribution is -1.90. The number of allylic oxidation sites excluding steroid dienone is 1. The molecule has 0 unspecified atom stereocenters. The van der Waals surface area contributed by atoms with Crippen molar-refractivity contribution in [1.29, 1.82) is 10.8 Å². The van der Waals surface area contributed by atoms with E-state index in [1.807, 2.05) is 0 Å². The summed E-state index contributed by atoms with van der Waals surface area (Å²) in [7, 11) is 0. The number of hydrogen-bond acceptors (Lipinski definition) is 4. The molecule has 0 amide bonds. The summed E-state index contributed by atoms with van der Waals surface area (Å²) in [6.07, 6.45) is 8.29. The van der Waals surface area contributed by atoms with Gasteiger partial charge in [0.05, 0.1) is 0 Å². The number of rotatable bonds is 0. The van der Waals surface area contributed by atoms with E-state index in [1.54, 1.807) is 0 Å². The van der Waals surface area contributed by atoms with Crippen molar-refractivity contribution in [2.45, 2.75) is 32.1 Å². The first-order chi connectivity index (χ1) is 6.22. The Morgan fingerprint density at radius 2 is 1.31 bits per heavy atom. The normalized spacial score (nSPS) is 13.4. The van der Waals surface area contributed by atoms with Crippen LogP contribution in [-0.2, 0) is 9.59 Å². The van der Waals surface area contributed by atoms with Gasteiger partial charge in [0.25, 0.3) is 0 Å². The van der Waals surface area contributed by atoms with Crippen molar-refractivity contribution in [3.8, 4) is 0 Å². The van der Waals surface area contributed by atoms with Gasteiger partial charge in [0.2, 0.25) is 12.2 Å². The molecule has 1 aliphatic rings. The minimum absolute atomic E-state index is 0.750. The SMILES string of the molecule is C=C1CCCCC1.N=C=O.N=C=O. The zero-order valence-electron chi connectivity index (χ0n) is 7.56. The molecule has 4 nitrogen and oxygen atoms in total. The first-order valence-electron chi connectivity index (χ1n) is 3.97. The van der Waals surface area contributed by atoms with Gasteiger partial charge in [-0.15, -0.1) is 0 Å². The number of isocyanates is 2. The Balaban J connectivity index is 0. The summed E-state index contributed by atoms with van der Waals surface area (Å²) < 4.78 is 0. The van der Waals surface area contributed by atoms with E-state index >= 15 is 0 Å². The standard InChI is InChI=1S/C7H12.2CHNO/c1-7-5-3-2-4-6-7;2*2-1-3/h1-6H2;2*2H. The van der Waals surface area contributed by atoms with Gasteiger partial charge in [-0.3, -0.25) is 0 Å². The molecule has 2 N–H and O–H groups in total. The highest BCUT2D eigenvalue weighted by atomic mass is 16.1. The monoisotopic (exact) mass is 182 g/mol. The lowest BCUT2D eigenvalue weighted by Gasteiger charge is -2.10. The molecule has 1 aliphatic carbocycles. The Hall–Kier alpha value is -1.50. The van der Waals surface area contributed by atoms with Gasteiger partial charge >= 0.3 is 0 Å². The number of hydrogen-bond donors (Lipinski definition) is 2. The average molecular weight is 182 g/mol. The maximum atomic E-state index is 8.35. The zero-order chi connectivity index (χ0) is 10.5. The van der Waals surface area contributed by atoms with Gasteiger partial charge in [-0.1, -0.05) is 18.6 Å². The fourth-order valence-corrected chi connectivity index (χ4v) is 1.05. The van der Waals surface area contributed by atoms with E-state index in [-0.39, 0.29) is 0 Å². The van der Waals surface area contributed by atoms with E-state index in [1.165, 1.54) is 37.7 Å². The Morgan fingerprint density at radius 1 is 1.00 bits per heavy atom. The van der Waals surface area contributed by atoms with E-state index in [0.29, 0.717) is 0 Å². The van der Waals surface area contributed by atoms with Crippen LogP contribution < -0.4 is 0 Å². The van der Waals surface area contributed by atoms with Gasteiger partial charge in [-0.05, 0) is 25.7 Å². The molecular weight excluding hydrogens is 168 g/mol. The van der Waals surface area contributed by atoms with E-state index < -0.39 is 0 Å². The molecule has 4 heteroatoms. The third kappa shape index (κ3) is 18.0. The molecule has 1 fully saturated rings. The zero-order valence-corrected chi connectivity index (χ0v) is 7.56. The summed E-state index contributed by atoms with van der Waals surface area (Å²) >= 11 is 0. The van der Waals surface area contributed by atoms with Crippen LogP contribution >= 0.6 is 0 Å². The maximum absolute atomic E-state index is 8.35. The summed E-state index contributed by atoms with van der Waals surface area (Å²) in [6.45, 7) is 3.91. The molecule has 13 heavy (non-hydrogen) atoms. The number of carbonyl (C=O) groups excluding carboxylic acids is 2. The molecule has 0 heterocycles. The first kappa shape index (κ1) is 14.0. The predicted molar refractivity (Wildman–Crippen MR) is 49.1 cm³/mol. The molecule has 0 atom stereocenters. The van der Waals surface area contributed by atoms with Gasteiger partial charge < -0.3 is 0 Å². The van der Waals surface area contributed by atoms with Crippen molar-refractivity contribution in [2.75, 3.05) is 0 Å². The van der Waals surface area contributed by atoms with Crippen molar-refractivity contribution in [2.24, 2.45) is 0 Å². The van der Waals surface area contributed by atoms with Gasteiger partial charge in [0.15, 0.2) is 0 Å². The molecule has 0 spiro atoms. The second-order valence-corrected chi connectivity index (χ2v) is 2.51. The average Bonchev–Trinajstić information content (AvgIpc) is 2.08. The molecular formula is C9H14N2O2. The predicted octanol–water partition coefficient (Wildman–Crippen LogP) is 2.31. The van der Waals surface area contributed by atoms with E-state index in [4.69, 9.17) is 20.4 Å². The molecule has 0 aromatic rings. The fraction of sp³-hybridized carbons (Fsp3) is 0.556. The molecule has 0 aromatic heterocycles. The highest BCUT2D eigenvalue weighted by molar-refractivity contribution is 5.26. The van der Waals surface area contributed by atoms with E-state index in [9.17, 15) is 0 Å². The first-order valence-corrected chi connectivity index (χ1v) is 3.97. The van der Waals surface area contributed by atoms with Crippen LogP contribution in [0.25, 0.3) is 0 Å². The quantitative estimate of drug-likeness (QED) is 0.342. The second kappa shape index (κ2) is 13.1. The lowest BCUT2D eigenvalue weighted by molar-refractivity contribution is 0.562. The Bertz CT molecular complexity index is 180. The van der Waals surface area contributed by atoms with E-state index in [2.05, 4.69) is 6.58 Å². The summed E-state index contributed by atoms with van der Waals surface area (Å²) in [6, 6.07) is 0. The molecule has 72 valence electrons. The smallest absolute Gasteiger partial charge is 0.222 e. The number of nitrogens with one attached hydrogen (secondary N) is 2. The van der Waals surface area contributed by atoms with E-state index in [0.717, 1.165) is 12.2 Å². The largest absolute Gasteiger partial charge is 0.231 e. The van der Waals surface area contributed by atoms with Crippen molar-refractivity contribution < 1.29 is 9.59 Å². The minimum atomic E-state index is 0.750. The third-order valence-corrected chi connectivity index (χ3v) is 1.56. The van der Waals surface area contributed by atoms with Crippen molar-refractivity contribution >= 4 is 12.2 Å². The molecule has 0 bridgehead atoms.